The molecular weight excluding hydrogens is 536 g/mol. The topological polar surface area (TPSA) is 26.3 Å². The largest absolute Gasteiger partial charge is 0.460 e. The Kier molecular flexibility index (Phi) is 4.75. The van der Waals surface area contributed by atoms with Gasteiger partial charge in [-0.1, -0.05) is 109 Å². The minimum absolute atomic E-state index is 0.795. The van der Waals surface area contributed by atoms with E-state index in [0.29, 0.717) is 0 Å². The number of hydrogen-bond acceptors (Lipinski definition) is 2. The summed E-state index contributed by atoms with van der Waals surface area (Å²) < 4.78 is 12.2. The van der Waals surface area contributed by atoms with Gasteiger partial charge in [-0.2, -0.15) is 0 Å². The second-order valence-electron chi connectivity index (χ2n) is 11.6. The van der Waals surface area contributed by atoms with Gasteiger partial charge >= 0.3 is 0 Å². The van der Waals surface area contributed by atoms with Crippen molar-refractivity contribution in [3.05, 3.63) is 146 Å². The highest BCUT2D eigenvalue weighted by molar-refractivity contribution is 6.26. The van der Waals surface area contributed by atoms with E-state index >= 15 is 0 Å². The molecule has 44 heavy (non-hydrogen) atoms. The molecule has 0 bridgehead atoms. The third kappa shape index (κ3) is 3.20. The maximum atomic E-state index is 6.35. The zero-order valence-corrected chi connectivity index (χ0v) is 23.7. The van der Waals surface area contributed by atoms with Crippen molar-refractivity contribution in [2.75, 3.05) is 0 Å². The van der Waals surface area contributed by atoms with E-state index in [4.69, 9.17) is 8.83 Å². The highest BCUT2D eigenvalue weighted by Crippen LogP contribution is 2.47. The molecule has 0 saturated carbocycles. The molecule has 0 unspecified atom stereocenters. The molecule has 2 heterocycles. The fourth-order valence-electron chi connectivity index (χ4n) is 7.41. The van der Waals surface area contributed by atoms with Crippen LogP contribution in [0.3, 0.4) is 0 Å². The molecule has 0 aliphatic heterocycles. The first-order chi connectivity index (χ1) is 21.8. The molecule has 8 aromatic carbocycles. The molecule has 0 N–H and O–H groups in total. The monoisotopic (exact) mass is 560 g/mol. The zero-order chi connectivity index (χ0) is 28.8. The predicted molar refractivity (Wildman–Crippen MR) is 184 cm³/mol. The van der Waals surface area contributed by atoms with Gasteiger partial charge in [0.2, 0.25) is 0 Å². The SMILES string of the molecule is c1ccc2c(c1)cc(-c1c3ccccc3c(-c3ccc4oc5c(ccc6ccoc65)c4c3)c3ccccc13)c1ccccc12. The summed E-state index contributed by atoms with van der Waals surface area (Å²) in [4.78, 5) is 0. The minimum atomic E-state index is 0.795. The first-order valence-electron chi connectivity index (χ1n) is 15.0. The quantitative estimate of drug-likeness (QED) is 0.155. The Balaban J connectivity index is 1.33. The van der Waals surface area contributed by atoms with E-state index in [2.05, 4.69) is 133 Å². The highest BCUT2D eigenvalue weighted by Gasteiger charge is 2.20. The zero-order valence-electron chi connectivity index (χ0n) is 23.7. The van der Waals surface area contributed by atoms with E-state index < -0.39 is 0 Å². The van der Waals surface area contributed by atoms with Crippen LogP contribution < -0.4 is 0 Å². The Morgan fingerprint density at radius 2 is 1.00 bits per heavy atom. The van der Waals surface area contributed by atoms with Crippen LogP contribution in [0.2, 0.25) is 0 Å². The molecule has 0 amide bonds. The maximum Gasteiger partial charge on any atom is 0.178 e. The summed E-state index contributed by atoms with van der Waals surface area (Å²) in [5.74, 6) is 0. The Labute approximate surface area is 252 Å². The van der Waals surface area contributed by atoms with Gasteiger partial charge in [0.05, 0.1) is 6.26 Å². The third-order valence-corrected chi connectivity index (χ3v) is 9.32. The molecule has 0 radical (unpaired) electrons. The number of fused-ring (bicyclic) bond motifs is 10. The number of hydrogen-bond donors (Lipinski definition) is 0. The summed E-state index contributed by atoms with van der Waals surface area (Å²) in [6.45, 7) is 0. The van der Waals surface area contributed by atoms with Crippen LogP contribution in [0.5, 0.6) is 0 Å². The van der Waals surface area contributed by atoms with Crippen LogP contribution in [0.1, 0.15) is 0 Å². The fraction of sp³-hybridized carbons (Fsp3) is 0. The molecular formula is C42H24O2. The normalized spacial score (nSPS) is 12.1. The van der Waals surface area contributed by atoms with Crippen molar-refractivity contribution >= 4 is 76.0 Å². The van der Waals surface area contributed by atoms with Gasteiger partial charge in [-0.25, -0.2) is 0 Å². The second kappa shape index (κ2) is 8.82. The summed E-state index contributed by atoms with van der Waals surface area (Å²) in [7, 11) is 0. The van der Waals surface area contributed by atoms with E-state index in [0.717, 1.165) is 32.9 Å². The van der Waals surface area contributed by atoms with Crippen LogP contribution in [0.25, 0.3) is 98.3 Å². The predicted octanol–water partition coefficient (Wildman–Crippen LogP) is 12.3. The van der Waals surface area contributed by atoms with Crippen molar-refractivity contribution in [3.63, 3.8) is 0 Å². The van der Waals surface area contributed by atoms with Crippen molar-refractivity contribution in [2.45, 2.75) is 0 Å². The molecule has 0 saturated heterocycles. The lowest BCUT2D eigenvalue weighted by molar-refractivity contribution is 0.600. The van der Waals surface area contributed by atoms with Crippen LogP contribution in [-0.4, -0.2) is 0 Å². The lowest BCUT2D eigenvalue weighted by Gasteiger charge is -2.19. The fourth-order valence-corrected chi connectivity index (χ4v) is 7.41. The summed E-state index contributed by atoms with van der Waals surface area (Å²) in [6.07, 6.45) is 1.72. The van der Waals surface area contributed by atoms with Crippen molar-refractivity contribution in [3.8, 4) is 22.3 Å². The molecule has 0 aliphatic carbocycles. The molecule has 10 rings (SSSR count). The van der Waals surface area contributed by atoms with Crippen molar-refractivity contribution in [1.29, 1.82) is 0 Å². The maximum absolute atomic E-state index is 6.35. The van der Waals surface area contributed by atoms with Crippen molar-refractivity contribution in [2.24, 2.45) is 0 Å². The molecule has 2 aromatic heterocycles. The van der Waals surface area contributed by atoms with Crippen molar-refractivity contribution < 1.29 is 8.83 Å². The van der Waals surface area contributed by atoms with E-state index in [9.17, 15) is 0 Å². The lowest BCUT2D eigenvalue weighted by Crippen LogP contribution is -1.92. The van der Waals surface area contributed by atoms with Gasteiger partial charge in [0.1, 0.15) is 5.58 Å². The first kappa shape index (κ1) is 23.7. The van der Waals surface area contributed by atoms with Gasteiger partial charge < -0.3 is 8.83 Å². The molecule has 2 nitrogen and oxygen atoms in total. The molecule has 0 fully saturated rings. The van der Waals surface area contributed by atoms with E-state index in [-0.39, 0.29) is 0 Å². The lowest BCUT2D eigenvalue weighted by atomic mass is 9.83. The summed E-state index contributed by atoms with van der Waals surface area (Å²) >= 11 is 0. The van der Waals surface area contributed by atoms with Crippen LogP contribution in [0.4, 0.5) is 0 Å². The average Bonchev–Trinajstić information content (AvgIpc) is 3.71. The van der Waals surface area contributed by atoms with E-state index in [1.807, 2.05) is 6.07 Å². The standard InChI is InChI=1S/C42H24O2/c1-2-10-28-26(9-1)23-37(30-12-4-3-11-29(28)30)40-33-15-7-5-13-31(33)39(32-14-6-8-16-34(32)40)27-18-20-38-36(24-27)35-19-17-25-21-22-43-41(25)42(35)44-38/h1-24H. The molecule has 2 heteroatoms. The molecule has 0 atom stereocenters. The third-order valence-electron chi connectivity index (χ3n) is 9.32. The summed E-state index contributed by atoms with van der Waals surface area (Å²) in [6, 6.07) is 50.5. The van der Waals surface area contributed by atoms with Crippen LogP contribution in [-0.2, 0) is 0 Å². The number of furan rings is 2. The average molecular weight is 561 g/mol. The molecule has 10 aromatic rings. The smallest absolute Gasteiger partial charge is 0.178 e. The van der Waals surface area contributed by atoms with E-state index in [1.54, 1.807) is 6.26 Å². The van der Waals surface area contributed by atoms with Gasteiger partial charge in [-0.3, -0.25) is 0 Å². The molecule has 0 aliphatic rings. The Hall–Kier alpha value is -5.86. The van der Waals surface area contributed by atoms with E-state index in [1.165, 1.54) is 65.3 Å². The minimum Gasteiger partial charge on any atom is -0.460 e. The van der Waals surface area contributed by atoms with Crippen LogP contribution in [0.15, 0.2) is 155 Å². The van der Waals surface area contributed by atoms with Gasteiger partial charge in [0, 0.05) is 16.2 Å². The Bertz CT molecular complexity index is 2720. The number of rotatable bonds is 2. The van der Waals surface area contributed by atoms with Crippen LogP contribution >= 0.6 is 0 Å². The second-order valence-corrected chi connectivity index (χ2v) is 11.6. The summed E-state index contributed by atoms with van der Waals surface area (Å²) in [5, 5.41) is 13.2. The molecule has 0 spiro atoms. The van der Waals surface area contributed by atoms with Gasteiger partial charge in [-0.05, 0) is 95.7 Å². The highest BCUT2D eigenvalue weighted by atomic mass is 16.4. The van der Waals surface area contributed by atoms with Crippen LogP contribution in [0, 0.1) is 0 Å². The van der Waals surface area contributed by atoms with Gasteiger partial charge in [0.15, 0.2) is 11.2 Å². The Morgan fingerprint density at radius 3 is 1.75 bits per heavy atom. The first-order valence-corrected chi connectivity index (χ1v) is 15.0. The van der Waals surface area contributed by atoms with Crippen molar-refractivity contribution in [1.82, 2.24) is 0 Å². The Morgan fingerprint density at radius 1 is 0.364 bits per heavy atom. The van der Waals surface area contributed by atoms with Gasteiger partial charge in [0.25, 0.3) is 0 Å². The molecule has 204 valence electrons. The van der Waals surface area contributed by atoms with Gasteiger partial charge in [-0.15, -0.1) is 0 Å². The number of benzene rings is 8. The summed E-state index contributed by atoms with van der Waals surface area (Å²) in [5.41, 5.74) is 7.40.